The van der Waals surface area contributed by atoms with Crippen LogP contribution in [0, 0.1) is 0 Å². The summed E-state index contributed by atoms with van der Waals surface area (Å²) in [7, 11) is 2.87. The number of amides is 1. The third-order valence-corrected chi connectivity index (χ3v) is 5.53. The summed E-state index contributed by atoms with van der Waals surface area (Å²) < 4.78 is 60.7. The lowest BCUT2D eigenvalue weighted by Gasteiger charge is -2.17. The van der Waals surface area contributed by atoms with Gasteiger partial charge in [-0.05, 0) is 60.7 Å². The number of nitrogens with one attached hydrogen (secondary N) is 3. The summed E-state index contributed by atoms with van der Waals surface area (Å²) in [6, 6.07) is 12.0. The first-order valence-electron chi connectivity index (χ1n) is 11.2. The third kappa shape index (κ3) is 8.40. The quantitative estimate of drug-likeness (QED) is 0.162. The molecule has 0 fully saturated rings. The number of hydrogen-bond acceptors (Lipinski definition) is 7. The zero-order valence-electron chi connectivity index (χ0n) is 21.2. The summed E-state index contributed by atoms with van der Waals surface area (Å²) in [6.07, 6.45) is -2.18. The Bertz CT molecular complexity index is 1510. The molecular formula is C26H21ClF3N3O7S. The fourth-order valence-corrected chi connectivity index (χ4v) is 3.67. The van der Waals surface area contributed by atoms with Crippen molar-refractivity contribution in [1.29, 1.82) is 0 Å². The molecule has 216 valence electrons. The highest BCUT2D eigenvalue weighted by molar-refractivity contribution is 7.80. The predicted molar refractivity (Wildman–Crippen MR) is 148 cm³/mol. The fourth-order valence-electron chi connectivity index (χ4n) is 3.20. The van der Waals surface area contributed by atoms with E-state index in [1.807, 2.05) is 0 Å². The number of thiocarbonyl (C=S) groups is 1. The molecule has 0 spiro atoms. The lowest BCUT2D eigenvalue weighted by Crippen LogP contribution is -2.21. The number of alkyl halides is 3. The Balaban J connectivity index is 0.000000496. The van der Waals surface area contributed by atoms with Crippen LogP contribution in [0.2, 0.25) is 5.02 Å². The van der Waals surface area contributed by atoms with Crippen molar-refractivity contribution in [3.63, 3.8) is 0 Å². The van der Waals surface area contributed by atoms with Crippen molar-refractivity contribution < 1.29 is 46.2 Å². The highest BCUT2D eigenvalue weighted by Crippen LogP contribution is 2.38. The largest absolute Gasteiger partial charge is 0.495 e. The standard InChI is InChI=1S/C21H17ClF3N3O4S.C5H4O3/c1-30-17-10-18(31-2)15(9-13(17)22)28-20(33)26-11-5-6-14(12(8-11)21(23,24)25)27-19(29)16-4-3-7-32-16;6-5(7)4-2-1-3-8-4/h3-10H,1-2H3,(H,27,29)(H2,26,28,33);1-3H,(H,6,7). The van der Waals surface area contributed by atoms with E-state index in [2.05, 4.69) is 20.4 Å². The first kappa shape index (κ1) is 30.8. The summed E-state index contributed by atoms with van der Waals surface area (Å²) in [5.74, 6) is -1.26. The highest BCUT2D eigenvalue weighted by Gasteiger charge is 2.34. The molecule has 0 saturated carbocycles. The van der Waals surface area contributed by atoms with Gasteiger partial charge >= 0.3 is 12.1 Å². The number of hydrogen-bond donors (Lipinski definition) is 4. The fraction of sp³-hybridized carbons (Fsp3) is 0.115. The number of methoxy groups -OCH3 is 2. The molecule has 0 aliphatic carbocycles. The van der Waals surface area contributed by atoms with Crippen LogP contribution in [0.15, 0.2) is 76.0 Å². The smallest absolute Gasteiger partial charge is 0.418 e. The van der Waals surface area contributed by atoms with E-state index in [1.165, 1.54) is 69.2 Å². The van der Waals surface area contributed by atoms with Gasteiger partial charge in [-0.1, -0.05) is 11.6 Å². The van der Waals surface area contributed by atoms with Crippen molar-refractivity contribution in [2.45, 2.75) is 6.18 Å². The van der Waals surface area contributed by atoms with Crippen molar-refractivity contribution in [3.05, 3.63) is 89.2 Å². The van der Waals surface area contributed by atoms with E-state index in [4.69, 9.17) is 42.8 Å². The minimum absolute atomic E-state index is 0.0185. The van der Waals surface area contributed by atoms with Crippen LogP contribution in [0.4, 0.5) is 30.2 Å². The number of carbonyl (C=O) groups is 2. The average Bonchev–Trinajstić information content (AvgIpc) is 3.65. The normalized spacial score (nSPS) is 10.6. The molecule has 0 unspecified atom stereocenters. The molecule has 41 heavy (non-hydrogen) atoms. The van der Waals surface area contributed by atoms with Crippen LogP contribution in [-0.2, 0) is 6.18 Å². The van der Waals surface area contributed by atoms with Gasteiger partial charge in [0.15, 0.2) is 10.9 Å². The molecule has 2 aromatic heterocycles. The summed E-state index contributed by atoms with van der Waals surface area (Å²) in [5.41, 5.74) is -1.09. The lowest BCUT2D eigenvalue weighted by atomic mass is 10.1. The molecule has 4 N–H and O–H groups in total. The number of rotatable bonds is 7. The average molecular weight is 612 g/mol. The first-order valence-corrected chi connectivity index (χ1v) is 12.0. The van der Waals surface area contributed by atoms with Gasteiger partial charge in [-0.2, -0.15) is 13.2 Å². The molecule has 0 bridgehead atoms. The van der Waals surface area contributed by atoms with Crippen molar-refractivity contribution in [1.82, 2.24) is 0 Å². The van der Waals surface area contributed by atoms with E-state index in [0.29, 0.717) is 17.2 Å². The molecular weight excluding hydrogens is 591 g/mol. The van der Waals surface area contributed by atoms with E-state index in [-0.39, 0.29) is 27.3 Å². The molecule has 0 aliphatic heterocycles. The second-order valence-corrected chi connectivity index (χ2v) is 8.55. The van der Waals surface area contributed by atoms with Crippen molar-refractivity contribution in [2.24, 2.45) is 0 Å². The van der Waals surface area contributed by atoms with Crippen molar-refractivity contribution in [3.8, 4) is 11.5 Å². The molecule has 4 aromatic rings. The van der Waals surface area contributed by atoms with Crippen LogP contribution >= 0.6 is 23.8 Å². The van der Waals surface area contributed by atoms with E-state index in [0.717, 1.165) is 12.1 Å². The van der Waals surface area contributed by atoms with Gasteiger partial charge in [0.25, 0.3) is 5.91 Å². The van der Waals surface area contributed by atoms with E-state index < -0.39 is 29.3 Å². The number of halogens is 4. The monoisotopic (exact) mass is 611 g/mol. The van der Waals surface area contributed by atoms with Gasteiger partial charge < -0.3 is 39.4 Å². The molecule has 10 nitrogen and oxygen atoms in total. The summed E-state index contributed by atoms with van der Waals surface area (Å²) in [4.78, 5) is 22.1. The summed E-state index contributed by atoms with van der Waals surface area (Å²) >= 11 is 11.3. The molecule has 4 rings (SSSR count). The van der Waals surface area contributed by atoms with Gasteiger partial charge in [0.2, 0.25) is 5.76 Å². The molecule has 1 amide bonds. The zero-order chi connectivity index (χ0) is 30.2. The SMILES string of the molecule is COc1cc(OC)c(NC(=S)Nc2ccc(NC(=O)c3ccco3)c(C(F)(F)F)c2)cc1Cl.O=C(O)c1ccco1. The van der Waals surface area contributed by atoms with E-state index in [1.54, 1.807) is 0 Å². The maximum Gasteiger partial charge on any atom is 0.418 e. The van der Waals surface area contributed by atoms with Crippen LogP contribution in [0.25, 0.3) is 0 Å². The second-order valence-electron chi connectivity index (χ2n) is 7.74. The lowest BCUT2D eigenvalue weighted by molar-refractivity contribution is -0.136. The topological polar surface area (TPSA) is 135 Å². The van der Waals surface area contributed by atoms with Gasteiger partial charge in [0, 0.05) is 11.8 Å². The number of aromatic carboxylic acids is 1. The first-order chi connectivity index (χ1) is 19.4. The molecule has 15 heteroatoms. The van der Waals surface area contributed by atoms with Crippen LogP contribution in [-0.4, -0.2) is 36.3 Å². The van der Waals surface area contributed by atoms with Crippen LogP contribution in [0.3, 0.4) is 0 Å². The highest BCUT2D eigenvalue weighted by atomic mass is 35.5. The predicted octanol–water partition coefficient (Wildman–Crippen LogP) is 7.01. The van der Waals surface area contributed by atoms with Gasteiger partial charge in [-0.15, -0.1) is 0 Å². The molecule has 0 radical (unpaired) electrons. The Morgan fingerprint density at radius 2 is 1.51 bits per heavy atom. The van der Waals surface area contributed by atoms with Crippen LogP contribution in [0.1, 0.15) is 26.7 Å². The summed E-state index contributed by atoms with van der Waals surface area (Å²) in [5, 5.41) is 16.1. The Morgan fingerprint density at radius 1 is 0.878 bits per heavy atom. The number of ether oxygens (including phenoxy) is 2. The zero-order valence-corrected chi connectivity index (χ0v) is 22.7. The molecule has 0 aliphatic rings. The number of carboxylic acids is 1. The summed E-state index contributed by atoms with van der Waals surface area (Å²) in [6.45, 7) is 0. The number of carbonyl (C=O) groups excluding carboxylic acids is 1. The Labute approximate surface area is 241 Å². The number of anilines is 3. The Hall–Kier alpha value is -4.69. The maximum atomic E-state index is 13.6. The van der Waals surface area contributed by atoms with Gasteiger partial charge in [0.1, 0.15) is 11.5 Å². The minimum atomic E-state index is -4.74. The second kappa shape index (κ2) is 13.6. The van der Waals surface area contributed by atoms with Gasteiger partial charge in [-0.25, -0.2) is 4.79 Å². The number of carboxylic acid groups (broad SMARTS) is 1. The van der Waals surface area contributed by atoms with Crippen LogP contribution in [0.5, 0.6) is 11.5 Å². The Morgan fingerprint density at radius 3 is 2.02 bits per heavy atom. The number of furan rings is 2. The van der Waals surface area contributed by atoms with Gasteiger partial charge in [-0.3, -0.25) is 4.79 Å². The third-order valence-electron chi connectivity index (χ3n) is 5.03. The van der Waals surface area contributed by atoms with Gasteiger partial charge in [0.05, 0.1) is 48.7 Å². The van der Waals surface area contributed by atoms with Crippen molar-refractivity contribution in [2.75, 3.05) is 30.2 Å². The van der Waals surface area contributed by atoms with E-state index in [9.17, 15) is 22.8 Å². The molecule has 2 heterocycles. The molecule has 0 saturated heterocycles. The Kier molecular flexibility index (Phi) is 10.2. The van der Waals surface area contributed by atoms with Crippen LogP contribution < -0.4 is 25.4 Å². The molecule has 0 atom stereocenters. The molecule has 2 aromatic carbocycles. The minimum Gasteiger partial charge on any atom is -0.495 e. The maximum absolute atomic E-state index is 13.6. The number of benzene rings is 2. The van der Waals surface area contributed by atoms with Crippen molar-refractivity contribution >= 4 is 57.9 Å². The van der Waals surface area contributed by atoms with E-state index >= 15 is 0 Å².